The molecule has 1 unspecified atom stereocenters. The Hall–Kier alpha value is -0.610. The van der Waals surface area contributed by atoms with Gasteiger partial charge in [-0.2, -0.15) is 0 Å². The summed E-state index contributed by atoms with van der Waals surface area (Å²) in [5.41, 5.74) is 5.16. The smallest absolute Gasteiger partial charge is 0.230 e. The van der Waals surface area contributed by atoms with Crippen molar-refractivity contribution in [3.63, 3.8) is 0 Å². The van der Waals surface area contributed by atoms with Gasteiger partial charge in [0.25, 0.3) is 0 Å². The molecule has 0 bridgehead atoms. The SMILES string of the molecule is CCC1CN(C)CCCN1C(=O)C(C)(C)C(C)(C)N. The third-order valence-corrected chi connectivity index (χ3v) is 4.78. The van der Waals surface area contributed by atoms with Crippen molar-refractivity contribution >= 4 is 5.91 Å². The van der Waals surface area contributed by atoms with Gasteiger partial charge in [0.1, 0.15) is 0 Å². The maximum Gasteiger partial charge on any atom is 0.230 e. The summed E-state index contributed by atoms with van der Waals surface area (Å²) in [7, 11) is 2.13. The highest BCUT2D eigenvalue weighted by molar-refractivity contribution is 5.83. The van der Waals surface area contributed by atoms with Crippen molar-refractivity contribution in [2.45, 2.75) is 59.0 Å². The molecule has 112 valence electrons. The molecule has 1 rings (SSSR count). The molecular formula is C15H31N3O. The summed E-state index contributed by atoms with van der Waals surface area (Å²) >= 11 is 0. The Morgan fingerprint density at radius 1 is 1.26 bits per heavy atom. The quantitative estimate of drug-likeness (QED) is 0.848. The molecule has 1 fully saturated rings. The van der Waals surface area contributed by atoms with Crippen LogP contribution < -0.4 is 5.73 Å². The van der Waals surface area contributed by atoms with Gasteiger partial charge in [0.2, 0.25) is 5.91 Å². The van der Waals surface area contributed by atoms with Crippen molar-refractivity contribution in [1.82, 2.24) is 9.80 Å². The van der Waals surface area contributed by atoms with Gasteiger partial charge in [0.15, 0.2) is 0 Å². The van der Waals surface area contributed by atoms with Gasteiger partial charge in [-0.1, -0.05) is 6.92 Å². The van der Waals surface area contributed by atoms with Crippen LogP contribution in [0.1, 0.15) is 47.5 Å². The lowest BCUT2D eigenvalue weighted by atomic mass is 9.74. The Kier molecular flexibility index (Phi) is 5.02. The van der Waals surface area contributed by atoms with Crippen LogP contribution in [0.15, 0.2) is 0 Å². The average Bonchev–Trinajstić information content (AvgIpc) is 2.47. The number of amides is 1. The van der Waals surface area contributed by atoms with Crippen LogP contribution in [0.3, 0.4) is 0 Å². The van der Waals surface area contributed by atoms with E-state index in [9.17, 15) is 4.79 Å². The summed E-state index contributed by atoms with van der Waals surface area (Å²) in [6, 6.07) is 0.307. The highest BCUT2D eigenvalue weighted by Crippen LogP contribution is 2.32. The number of likely N-dealkylation sites (N-methyl/N-ethyl adjacent to an activating group) is 1. The summed E-state index contributed by atoms with van der Waals surface area (Å²) in [4.78, 5) is 17.3. The Balaban J connectivity index is 2.95. The molecule has 1 atom stereocenters. The predicted molar refractivity (Wildman–Crippen MR) is 80.0 cm³/mol. The Morgan fingerprint density at radius 3 is 2.32 bits per heavy atom. The molecular weight excluding hydrogens is 238 g/mol. The van der Waals surface area contributed by atoms with Crippen LogP contribution in [0, 0.1) is 5.41 Å². The van der Waals surface area contributed by atoms with Crippen molar-refractivity contribution in [3.05, 3.63) is 0 Å². The molecule has 1 saturated heterocycles. The van der Waals surface area contributed by atoms with E-state index in [-0.39, 0.29) is 5.91 Å². The first kappa shape index (κ1) is 16.4. The third kappa shape index (κ3) is 3.48. The Morgan fingerprint density at radius 2 is 1.84 bits per heavy atom. The lowest BCUT2D eigenvalue weighted by molar-refractivity contribution is -0.146. The topological polar surface area (TPSA) is 49.6 Å². The minimum atomic E-state index is -0.538. The molecule has 1 heterocycles. The second kappa shape index (κ2) is 5.80. The number of nitrogens with two attached hydrogens (primary N) is 1. The van der Waals surface area contributed by atoms with E-state index in [2.05, 4.69) is 23.8 Å². The lowest BCUT2D eigenvalue weighted by Crippen LogP contribution is -2.58. The third-order valence-electron chi connectivity index (χ3n) is 4.78. The fraction of sp³-hybridized carbons (Fsp3) is 0.933. The van der Waals surface area contributed by atoms with Gasteiger partial charge in [-0.3, -0.25) is 4.79 Å². The Labute approximate surface area is 118 Å². The molecule has 0 aromatic carbocycles. The zero-order valence-electron chi connectivity index (χ0n) is 13.5. The van der Waals surface area contributed by atoms with Crippen LogP contribution in [-0.4, -0.2) is 54.0 Å². The summed E-state index contributed by atoms with van der Waals surface area (Å²) in [6.07, 6.45) is 2.04. The molecule has 0 aromatic heterocycles. The fourth-order valence-electron chi connectivity index (χ4n) is 2.49. The van der Waals surface area contributed by atoms with E-state index in [1.165, 1.54) is 0 Å². The molecule has 1 aliphatic heterocycles. The van der Waals surface area contributed by atoms with Crippen molar-refractivity contribution in [2.75, 3.05) is 26.7 Å². The standard InChI is InChI=1S/C15H31N3O/c1-7-12-11-17(6)9-8-10-18(12)13(19)14(2,3)15(4,5)16/h12H,7-11,16H2,1-6H3. The number of carbonyl (C=O) groups excluding carboxylic acids is 1. The van der Waals surface area contributed by atoms with E-state index in [4.69, 9.17) is 5.73 Å². The predicted octanol–water partition coefficient (Wildman–Crippen LogP) is 1.69. The maximum absolute atomic E-state index is 12.9. The van der Waals surface area contributed by atoms with Crippen LogP contribution in [0.4, 0.5) is 0 Å². The number of rotatable bonds is 3. The molecule has 0 spiro atoms. The highest BCUT2D eigenvalue weighted by atomic mass is 16.2. The first-order valence-electron chi connectivity index (χ1n) is 7.39. The van der Waals surface area contributed by atoms with Crippen molar-refractivity contribution in [1.29, 1.82) is 0 Å². The monoisotopic (exact) mass is 269 g/mol. The fourth-order valence-corrected chi connectivity index (χ4v) is 2.49. The molecule has 19 heavy (non-hydrogen) atoms. The van der Waals surface area contributed by atoms with E-state index in [0.29, 0.717) is 6.04 Å². The summed E-state index contributed by atoms with van der Waals surface area (Å²) in [5, 5.41) is 0. The summed E-state index contributed by atoms with van der Waals surface area (Å²) in [6.45, 7) is 12.8. The van der Waals surface area contributed by atoms with E-state index in [1.54, 1.807) is 0 Å². The van der Waals surface area contributed by atoms with Crippen molar-refractivity contribution in [2.24, 2.45) is 11.1 Å². The van der Waals surface area contributed by atoms with E-state index < -0.39 is 11.0 Å². The van der Waals surface area contributed by atoms with Crippen LogP contribution in [0.2, 0.25) is 0 Å². The van der Waals surface area contributed by atoms with Crippen LogP contribution in [-0.2, 0) is 4.79 Å². The second-order valence-corrected chi connectivity index (χ2v) is 7.02. The van der Waals surface area contributed by atoms with Gasteiger partial charge in [0.05, 0.1) is 5.41 Å². The highest BCUT2D eigenvalue weighted by Gasteiger charge is 2.44. The van der Waals surface area contributed by atoms with Gasteiger partial charge >= 0.3 is 0 Å². The maximum atomic E-state index is 12.9. The number of nitrogens with zero attached hydrogens (tertiary/aromatic N) is 2. The largest absolute Gasteiger partial charge is 0.338 e. The number of carbonyl (C=O) groups is 1. The lowest BCUT2D eigenvalue weighted by Gasteiger charge is -2.43. The first-order chi connectivity index (χ1) is 8.61. The second-order valence-electron chi connectivity index (χ2n) is 7.02. The molecule has 0 aliphatic carbocycles. The number of hydrogen-bond donors (Lipinski definition) is 1. The van der Waals surface area contributed by atoms with Gasteiger partial charge in [-0.05, 0) is 54.1 Å². The van der Waals surface area contributed by atoms with Gasteiger partial charge in [-0.15, -0.1) is 0 Å². The molecule has 4 heteroatoms. The normalized spacial score (nSPS) is 23.3. The molecule has 1 aliphatic rings. The van der Waals surface area contributed by atoms with E-state index in [0.717, 1.165) is 32.5 Å². The molecule has 0 aromatic rings. The Bertz CT molecular complexity index is 320. The van der Waals surface area contributed by atoms with Crippen LogP contribution in [0.25, 0.3) is 0 Å². The van der Waals surface area contributed by atoms with Crippen LogP contribution in [0.5, 0.6) is 0 Å². The van der Waals surface area contributed by atoms with E-state index >= 15 is 0 Å². The molecule has 4 nitrogen and oxygen atoms in total. The molecule has 0 radical (unpaired) electrons. The zero-order valence-corrected chi connectivity index (χ0v) is 13.5. The minimum Gasteiger partial charge on any atom is -0.338 e. The van der Waals surface area contributed by atoms with E-state index in [1.807, 2.05) is 27.7 Å². The minimum absolute atomic E-state index is 0.196. The summed E-state index contributed by atoms with van der Waals surface area (Å²) < 4.78 is 0. The van der Waals surface area contributed by atoms with Gasteiger partial charge < -0.3 is 15.5 Å². The average molecular weight is 269 g/mol. The van der Waals surface area contributed by atoms with Gasteiger partial charge in [-0.25, -0.2) is 0 Å². The molecule has 2 N–H and O–H groups in total. The summed E-state index contributed by atoms with van der Waals surface area (Å²) in [5.74, 6) is 0.196. The van der Waals surface area contributed by atoms with Gasteiger partial charge in [0, 0.05) is 24.7 Å². The zero-order chi connectivity index (χ0) is 14.8. The van der Waals surface area contributed by atoms with Crippen LogP contribution >= 0.6 is 0 Å². The molecule has 1 amide bonds. The van der Waals surface area contributed by atoms with Crippen molar-refractivity contribution < 1.29 is 4.79 Å². The first-order valence-corrected chi connectivity index (χ1v) is 7.39. The van der Waals surface area contributed by atoms with Crippen molar-refractivity contribution in [3.8, 4) is 0 Å². The molecule has 0 saturated carbocycles. The number of hydrogen-bond acceptors (Lipinski definition) is 3.